The number of aryl methyl sites for hydroxylation is 1. The molecule has 0 atom stereocenters. The lowest BCUT2D eigenvalue weighted by molar-refractivity contribution is 0.189. The van der Waals surface area contributed by atoms with E-state index in [0.717, 1.165) is 5.52 Å². The minimum Gasteiger partial charge on any atom is -0.369 e. The lowest BCUT2D eigenvalue weighted by atomic mass is 10.0. The van der Waals surface area contributed by atoms with Gasteiger partial charge in [0.2, 0.25) is 5.95 Å². The number of likely N-dealkylation sites (tertiary alicyclic amines) is 1. The first kappa shape index (κ1) is 13.4. The number of hydrogen-bond acceptors (Lipinski definition) is 3. The maximum Gasteiger partial charge on any atom is 0.201 e. The van der Waals surface area contributed by atoms with Crippen molar-refractivity contribution in [3.05, 3.63) is 23.8 Å². The Balaban J connectivity index is 1.87. The van der Waals surface area contributed by atoms with Crippen LogP contribution in [-0.4, -0.2) is 34.1 Å². The first-order valence-electron chi connectivity index (χ1n) is 7.65. The fraction of sp³-hybridized carbons (Fsp3) is 0.562. The number of imidazole rings is 1. The number of anilines is 1. The second-order valence-corrected chi connectivity index (χ2v) is 5.90. The average molecular weight is 272 g/mol. The van der Waals surface area contributed by atoms with Gasteiger partial charge in [-0.15, -0.1) is 0 Å². The van der Waals surface area contributed by atoms with Gasteiger partial charge in [-0.05, 0) is 50.4 Å². The Kier molecular flexibility index (Phi) is 3.66. The summed E-state index contributed by atoms with van der Waals surface area (Å²) in [4.78, 5) is 7.06. The minimum absolute atomic E-state index is 0.495. The van der Waals surface area contributed by atoms with Crippen LogP contribution in [0.2, 0.25) is 0 Å². The van der Waals surface area contributed by atoms with Gasteiger partial charge in [-0.3, -0.25) is 0 Å². The largest absolute Gasteiger partial charge is 0.369 e. The molecule has 108 valence electrons. The summed E-state index contributed by atoms with van der Waals surface area (Å²) < 4.78 is 2.26. The molecule has 0 radical (unpaired) electrons. The molecule has 1 fully saturated rings. The topological polar surface area (TPSA) is 47.1 Å². The summed E-state index contributed by atoms with van der Waals surface area (Å²) in [5, 5.41) is 0. The zero-order valence-corrected chi connectivity index (χ0v) is 12.5. The van der Waals surface area contributed by atoms with Gasteiger partial charge in [0.15, 0.2) is 0 Å². The van der Waals surface area contributed by atoms with Crippen molar-refractivity contribution in [2.45, 2.75) is 39.2 Å². The molecule has 2 N–H and O–H groups in total. The molecule has 2 heterocycles. The molecule has 1 aliphatic rings. The number of nitrogens with two attached hydrogens (primary N) is 1. The van der Waals surface area contributed by atoms with Gasteiger partial charge in [0.05, 0.1) is 11.0 Å². The van der Waals surface area contributed by atoms with Crippen LogP contribution in [0.25, 0.3) is 11.0 Å². The predicted octanol–water partition coefficient (Wildman–Crippen LogP) is 2.97. The van der Waals surface area contributed by atoms with E-state index in [1.54, 1.807) is 0 Å². The second-order valence-electron chi connectivity index (χ2n) is 5.90. The van der Waals surface area contributed by atoms with Crippen LogP contribution < -0.4 is 5.73 Å². The van der Waals surface area contributed by atoms with E-state index in [2.05, 4.69) is 46.5 Å². The van der Waals surface area contributed by atoms with Crippen LogP contribution in [0.1, 0.15) is 37.8 Å². The van der Waals surface area contributed by atoms with Crippen molar-refractivity contribution in [1.29, 1.82) is 0 Å². The first-order chi connectivity index (χ1) is 9.69. The fourth-order valence-corrected chi connectivity index (χ4v) is 3.32. The standard InChI is InChI=1S/C16H24N4/c1-3-8-19-9-6-13(7-10-19)20-15-11-12(2)4-5-14(15)18-16(20)17/h4-5,11,13H,3,6-10H2,1-2H3,(H2,17,18). The Morgan fingerprint density at radius 3 is 2.75 bits per heavy atom. The van der Waals surface area contributed by atoms with E-state index in [0.29, 0.717) is 12.0 Å². The van der Waals surface area contributed by atoms with Crippen molar-refractivity contribution < 1.29 is 0 Å². The maximum atomic E-state index is 6.17. The fourth-order valence-electron chi connectivity index (χ4n) is 3.32. The quantitative estimate of drug-likeness (QED) is 0.934. The van der Waals surface area contributed by atoms with E-state index >= 15 is 0 Å². The molecule has 1 saturated heterocycles. The smallest absolute Gasteiger partial charge is 0.201 e. The summed E-state index contributed by atoms with van der Waals surface area (Å²) in [6.45, 7) is 7.92. The number of hydrogen-bond donors (Lipinski definition) is 1. The van der Waals surface area contributed by atoms with Gasteiger partial charge < -0.3 is 15.2 Å². The number of fused-ring (bicyclic) bond motifs is 1. The minimum atomic E-state index is 0.495. The molecule has 20 heavy (non-hydrogen) atoms. The van der Waals surface area contributed by atoms with Crippen LogP contribution in [0, 0.1) is 6.92 Å². The molecule has 2 aromatic rings. The van der Waals surface area contributed by atoms with E-state index in [1.807, 2.05) is 0 Å². The Morgan fingerprint density at radius 2 is 2.05 bits per heavy atom. The van der Waals surface area contributed by atoms with Crippen molar-refractivity contribution in [2.24, 2.45) is 0 Å². The van der Waals surface area contributed by atoms with E-state index in [9.17, 15) is 0 Å². The van der Waals surface area contributed by atoms with Gasteiger partial charge in [0.25, 0.3) is 0 Å². The van der Waals surface area contributed by atoms with E-state index in [4.69, 9.17) is 5.73 Å². The molecule has 0 amide bonds. The number of nitrogen functional groups attached to an aromatic ring is 1. The third-order valence-corrected chi connectivity index (χ3v) is 4.33. The van der Waals surface area contributed by atoms with Crippen molar-refractivity contribution in [2.75, 3.05) is 25.4 Å². The van der Waals surface area contributed by atoms with Gasteiger partial charge in [0.1, 0.15) is 0 Å². The zero-order chi connectivity index (χ0) is 14.1. The second kappa shape index (κ2) is 5.44. The summed E-state index contributed by atoms with van der Waals surface area (Å²) in [5.41, 5.74) is 9.64. The van der Waals surface area contributed by atoms with Crippen molar-refractivity contribution in [1.82, 2.24) is 14.5 Å². The lowest BCUT2D eigenvalue weighted by Crippen LogP contribution is -2.35. The van der Waals surface area contributed by atoms with Crippen LogP contribution in [0.15, 0.2) is 18.2 Å². The zero-order valence-electron chi connectivity index (χ0n) is 12.5. The molecule has 0 unspecified atom stereocenters. The molecule has 4 heteroatoms. The number of aromatic nitrogens is 2. The van der Waals surface area contributed by atoms with Crippen LogP contribution in [-0.2, 0) is 0 Å². The van der Waals surface area contributed by atoms with Gasteiger partial charge in [-0.25, -0.2) is 4.98 Å². The summed E-state index contributed by atoms with van der Waals surface area (Å²) in [5.74, 6) is 0.666. The van der Waals surface area contributed by atoms with Crippen LogP contribution >= 0.6 is 0 Å². The molecule has 0 aliphatic carbocycles. The molecule has 1 aromatic heterocycles. The van der Waals surface area contributed by atoms with Crippen molar-refractivity contribution >= 4 is 17.0 Å². The lowest BCUT2D eigenvalue weighted by Gasteiger charge is -2.33. The van der Waals surface area contributed by atoms with E-state index < -0.39 is 0 Å². The van der Waals surface area contributed by atoms with Gasteiger partial charge in [-0.2, -0.15) is 0 Å². The summed E-state index contributed by atoms with van der Waals surface area (Å²) in [6, 6.07) is 6.87. The van der Waals surface area contributed by atoms with Crippen LogP contribution in [0.4, 0.5) is 5.95 Å². The van der Waals surface area contributed by atoms with E-state index in [1.165, 1.54) is 50.0 Å². The van der Waals surface area contributed by atoms with Gasteiger partial charge >= 0.3 is 0 Å². The molecule has 3 rings (SSSR count). The molecule has 4 nitrogen and oxygen atoms in total. The molecule has 0 spiro atoms. The molecule has 1 aromatic carbocycles. The highest BCUT2D eigenvalue weighted by molar-refractivity contribution is 5.79. The Labute approximate surface area is 120 Å². The molecule has 0 bridgehead atoms. The van der Waals surface area contributed by atoms with Gasteiger partial charge in [0, 0.05) is 19.1 Å². The molecule has 1 aliphatic heterocycles. The predicted molar refractivity (Wildman–Crippen MR) is 83.9 cm³/mol. The molecule has 0 saturated carbocycles. The Hall–Kier alpha value is -1.55. The third-order valence-electron chi connectivity index (χ3n) is 4.33. The number of benzene rings is 1. The highest BCUT2D eigenvalue weighted by Crippen LogP contribution is 2.30. The summed E-state index contributed by atoms with van der Waals surface area (Å²) >= 11 is 0. The highest BCUT2D eigenvalue weighted by Gasteiger charge is 2.23. The van der Waals surface area contributed by atoms with Gasteiger partial charge in [-0.1, -0.05) is 13.0 Å². The van der Waals surface area contributed by atoms with Crippen molar-refractivity contribution in [3.63, 3.8) is 0 Å². The summed E-state index contributed by atoms with van der Waals surface area (Å²) in [7, 11) is 0. The van der Waals surface area contributed by atoms with Crippen LogP contribution in [0.5, 0.6) is 0 Å². The highest BCUT2D eigenvalue weighted by atomic mass is 15.2. The number of piperidine rings is 1. The van der Waals surface area contributed by atoms with E-state index in [-0.39, 0.29) is 0 Å². The number of rotatable bonds is 3. The summed E-state index contributed by atoms with van der Waals surface area (Å²) in [6.07, 6.45) is 3.58. The molecular weight excluding hydrogens is 248 g/mol. The van der Waals surface area contributed by atoms with Crippen LogP contribution in [0.3, 0.4) is 0 Å². The maximum absolute atomic E-state index is 6.17. The average Bonchev–Trinajstić information content (AvgIpc) is 2.76. The Bertz CT molecular complexity index is 594. The normalized spacial score (nSPS) is 17.9. The monoisotopic (exact) mass is 272 g/mol. The van der Waals surface area contributed by atoms with Crippen molar-refractivity contribution in [3.8, 4) is 0 Å². The Morgan fingerprint density at radius 1 is 1.30 bits per heavy atom. The third kappa shape index (κ3) is 2.40. The SMILES string of the molecule is CCCN1CCC(n2c(N)nc3ccc(C)cc32)CC1. The first-order valence-corrected chi connectivity index (χ1v) is 7.65. The number of nitrogens with zero attached hydrogens (tertiary/aromatic N) is 3. The molecular formula is C16H24N4.